The molecular formula is C25H30N2O4. The van der Waals surface area contributed by atoms with Crippen molar-refractivity contribution in [2.75, 3.05) is 0 Å². The van der Waals surface area contributed by atoms with Gasteiger partial charge in [0.15, 0.2) is 6.10 Å². The molecule has 0 saturated heterocycles. The Balaban J connectivity index is 1.21. The van der Waals surface area contributed by atoms with E-state index in [1.165, 1.54) is 19.3 Å². The van der Waals surface area contributed by atoms with Crippen molar-refractivity contribution in [3.8, 4) is 0 Å². The highest BCUT2D eigenvalue weighted by Crippen LogP contribution is 2.60. The summed E-state index contributed by atoms with van der Waals surface area (Å²) in [6.45, 7) is 3.22. The van der Waals surface area contributed by atoms with Crippen LogP contribution in [0.5, 0.6) is 0 Å². The molecular weight excluding hydrogens is 392 g/mol. The fourth-order valence-electron chi connectivity index (χ4n) is 6.62. The van der Waals surface area contributed by atoms with Crippen molar-refractivity contribution >= 4 is 28.6 Å². The summed E-state index contributed by atoms with van der Waals surface area (Å²) in [5.74, 6) is 1.14. The van der Waals surface area contributed by atoms with Crippen LogP contribution in [-0.2, 0) is 14.3 Å². The molecule has 4 aliphatic carbocycles. The number of esters is 1. The largest absolute Gasteiger partial charge is 0.453 e. The first kappa shape index (κ1) is 20.3. The second-order valence-electron chi connectivity index (χ2n) is 10.1. The van der Waals surface area contributed by atoms with E-state index in [1.54, 1.807) is 20.0 Å². The molecule has 1 heterocycles. The van der Waals surface area contributed by atoms with Crippen molar-refractivity contribution in [3.05, 3.63) is 36.0 Å². The summed E-state index contributed by atoms with van der Waals surface area (Å²) in [4.78, 5) is 41.7. The van der Waals surface area contributed by atoms with Crippen LogP contribution in [0.25, 0.3) is 10.9 Å². The van der Waals surface area contributed by atoms with E-state index in [4.69, 9.17) is 4.74 Å². The predicted octanol–water partition coefficient (Wildman–Crippen LogP) is 4.00. The number of aromatic amines is 1. The lowest BCUT2D eigenvalue weighted by molar-refractivity contribution is -0.155. The molecule has 2 N–H and O–H groups in total. The molecule has 4 saturated carbocycles. The number of Topliss-reactive ketones (excluding diaryl/α,β-unsaturated/α-hetero) is 1. The van der Waals surface area contributed by atoms with Gasteiger partial charge in [0, 0.05) is 28.1 Å². The minimum atomic E-state index is -0.925. The number of aromatic nitrogens is 1. The number of hydrogen-bond donors (Lipinski definition) is 2. The second-order valence-corrected chi connectivity index (χ2v) is 10.1. The first-order valence-electron chi connectivity index (χ1n) is 11.5. The number of ether oxygens (including phenoxy) is 1. The molecule has 0 unspecified atom stereocenters. The summed E-state index contributed by atoms with van der Waals surface area (Å²) < 4.78 is 5.45. The van der Waals surface area contributed by atoms with Gasteiger partial charge in [-0.25, -0.2) is 4.79 Å². The molecule has 2 aromatic rings. The highest BCUT2D eigenvalue weighted by molar-refractivity contribution is 6.10. The summed E-state index contributed by atoms with van der Waals surface area (Å²) in [5.41, 5.74) is 1.05. The third kappa shape index (κ3) is 3.56. The first-order valence-corrected chi connectivity index (χ1v) is 11.5. The topological polar surface area (TPSA) is 88.3 Å². The number of fused-ring (bicyclic) bond motifs is 1. The first-order chi connectivity index (χ1) is 14.8. The molecule has 6 heteroatoms. The van der Waals surface area contributed by atoms with Gasteiger partial charge in [-0.05, 0) is 76.2 Å². The maximum atomic E-state index is 13.2. The number of rotatable bonds is 6. The Labute approximate surface area is 182 Å². The molecule has 1 amide bonds. The van der Waals surface area contributed by atoms with Gasteiger partial charge in [-0.3, -0.25) is 9.59 Å². The minimum absolute atomic E-state index is 0.00772. The van der Waals surface area contributed by atoms with Gasteiger partial charge in [-0.2, -0.15) is 0 Å². The average molecular weight is 423 g/mol. The monoisotopic (exact) mass is 422 g/mol. The molecule has 4 aliphatic rings. The van der Waals surface area contributed by atoms with E-state index in [-0.39, 0.29) is 17.1 Å². The van der Waals surface area contributed by atoms with Gasteiger partial charge in [0.25, 0.3) is 0 Å². The van der Waals surface area contributed by atoms with Crippen LogP contribution in [-0.4, -0.2) is 34.8 Å². The zero-order valence-corrected chi connectivity index (χ0v) is 18.1. The lowest BCUT2D eigenvalue weighted by Gasteiger charge is -2.55. The summed E-state index contributed by atoms with van der Waals surface area (Å²) >= 11 is 0. The summed E-state index contributed by atoms with van der Waals surface area (Å²) in [5, 5.41) is 3.72. The summed E-state index contributed by atoms with van der Waals surface area (Å²) in [7, 11) is 0. The van der Waals surface area contributed by atoms with E-state index in [1.807, 2.05) is 24.3 Å². The SMILES string of the molecule is C[C@H](NC(=O)C12CC3CC(CC(C3)C1)C2)C(=O)O[C@@H](C)C(=O)c1c[nH]c2ccccc12. The molecule has 164 valence electrons. The number of H-pyrrole nitrogens is 1. The van der Waals surface area contributed by atoms with E-state index in [2.05, 4.69) is 10.3 Å². The molecule has 0 aliphatic heterocycles. The van der Waals surface area contributed by atoms with E-state index in [0.29, 0.717) is 23.3 Å². The van der Waals surface area contributed by atoms with Gasteiger partial charge in [0.1, 0.15) is 6.04 Å². The molecule has 31 heavy (non-hydrogen) atoms. The summed E-state index contributed by atoms with van der Waals surface area (Å²) in [6.07, 6.45) is 7.35. The van der Waals surface area contributed by atoms with Crippen LogP contribution in [0, 0.1) is 23.2 Å². The Morgan fingerprint density at radius 3 is 2.29 bits per heavy atom. The molecule has 2 atom stereocenters. The fourth-order valence-corrected chi connectivity index (χ4v) is 6.62. The third-order valence-corrected chi connectivity index (χ3v) is 7.74. The Hall–Kier alpha value is -2.63. The molecule has 0 spiro atoms. The van der Waals surface area contributed by atoms with Crippen LogP contribution < -0.4 is 5.32 Å². The van der Waals surface area contributed by atoms with E-state index < -0.39 is 18.1 Å². The van der Waals surface area contributed by atoms with Crippen LogP contribution in [0.3, 0.4) is 0 Å². The quantitative estimate of drug-likeness (QED) is 0.544. The zero-order chi connectivity index (χ0) is 21.8. The van der Waals surface area contributed by atoms with Crippen LogP contribution in [0.2, 0.25) is 0 Å². The van der Waals surface area contributed by atoms with Crippen molar-refractivity contribution in [3.63, 3.8) is 0 Å². The van der Waals surface area contributed by atoms with Gasteiger partial charge >= 0.3 is 5.97 Å². The van der Waals surface area contributed by atoms with Crippen LogP contribution in [0.15, 0.2) is 30.5 Å². The number of benzene rings is 1. The van der Waals surface area contributed by atoms with Crippen LogP contribution in [0.4, 0.5) is 0 Å². The number of ketones is 1. The van der Waals surface area contributed by atoms with Gasteiger partial charge < -0.3 is 15.0 Å². The molecule has 1 aromatic carbocycles. The zero-order valence-electron chi connectivity index (χ0n) is 18.1. The number of hydrogen-bond acceptors (Lipinski definition) is 4. The Morgan fingerprint density at radius 1 is 1.03 bits per heavy atom. The average Bonchev–Trinajstić information content (AvgIpc) is 3.16. The van der Waals surface area contributed by atoms with Crippen molar-refractivity contribution in [1.29, 1.82) is 0 Å². The maximum absolute atomic E-state index is 13.2. The van der Waals surface area contributed by atoms with Crippen LogP contribution >= 0.6 is 0 Å². The van der Waals surface area contributed by atoms with Crippen molar-refractivity contribution in [1.82, 2.24) is 10.3 Å². The minimum Gasteiger partial charge on any atom is -0.453 e. The van der Waals surface area contributed by atoms with Gasteiger partial charge in [-0.15, -0.1) is 0 Å². The van der Waals surface area contributed by atoms with Gasteiger partial charge in [0.05, 0.1) is 0 Å². The number of para-hydroxylation sites is 1. The molecule has 1 aromatic heterocycles. The lowest BCUT2D eigenvalue weighted by Crippen LogP contribution is -2.56. The van der Waals surface area contributed by atoms with E-state index >= 15 is 0 Å². The predicted molar refractivity (Wildman–Crippen MR) is 116 cm³/mol. The number of nitrogens with one attached hydrogen (secondary N) is 2. The molecule has 4 fully saturated rings. The molecule has 6 nitrogen and oxygen atoms in total. The molecule has 6 rings (SSSR count). The number of carbonyl (C=O) groups is 3. The highest BCUT2D eigenvalue weighted by Gasteiger charge is 2.54. The van der Waals surface area contributed by atoms with Gasteiger partial charge in [-0.1, -0.05) is 18.2 Å². The third-order valence-electron chi connectivity index (χ3n) is 7.74. The maximum Gasteiger partial charge on any atom is 0.329 e. The smallest absolute Gasteiger partial charge is 0.329 e. The Kier molecular flexibility index (Phi) is 4.91. The molecule has 4 bridgehead atoms. The Morgan fingerprint density at radius 2 is 1.65 bits per heavy atom. The van der Waals surface area contributed by atoms with Crippen molar-refractivity contribution in [2.45, 2.75) is 64.5 Å². The standard InChI is InChI=1S/C25H30N2O4/c1-14(27-24(30)25-10-16-7-17(11-25)9-18(8-16)12-25)23(29)31-15(2)22(28)20-13-26-21-6-4-3-5-19(20)21/h3-6,13-18,26H,7-12H2,1-2H3,(H,27,30)/t14-,15-,16?,17?,18?,25?/m0/s1. The Bertz CT molecular complexity index is 1000. The van der Waals surface area contributed by atoms with Gasteiger partial charge in [0.2, 0.25) is 11.7 Å². The molecule has 0 radical (unpaired) electrons. The fraction of sp³-hybridized carbons (Fsp3) is 0.560. The number of amides is 1. The normalized spacial score (nSPS) is 30.7. The van der Waals surface area contributed by atoms with E-state index in [9.17, 15) is 14.4 Å². The van der Waals surface area contributed by atoms with Crippen molar-refractivity contribution < 1.29 is 19.1 Å². The summed E-state index contributed by atoms with van der Waals surface area (Å²) in [6, 6.07) is 6.74. The van der Waals surface area contributed by atoms with E-state index in [0.717, 1.165) is 30.2 Å². The second kappa shape index (κ2) is 7.50. The number of carbonyl (C=O) groups excluding carboxylic acids is 3. The van der Waals surface area contributed by atoms with Crippen LogP contribution in [0.1, 0.15) is 62.7 Å². The lowest BCUT2D eigenvalue weighted by atomic mass is 9.49. The van der Waals surface area contributed by atoms with Crippen molar-refractivity contribution in [2.24, 2.45) is 23.2 Å². The highest BCUT2D eigenvalue weighted by atomic mass is 16.5.